The second-order valence-electron chi connectivity index (χ2n) is 5.86. The quantitative estimate of drug-likeness (QED) is 0.779. The molecule has 0 saturated carbocycles. The van der Waals surface area contributed by atoms with E-state index in [1.807, 2.05) is 24.1 Å². The third-order valence-corrected chi connectivity index (χ3v) is 5.34. The molecule has 3 rings (SSSR count). The number of carbonyl (C=O) groups is 1. The van der Waals surface area contributed by atoms with E-state index in [4.69, 9.17) is 4.74 Å². The summed E-state index contributed by atoms with van der Waals surface area (Å²) >= 11 is 1.78. The normalized spacial score (nSPS) is 17.6. The van der Waals surface area contributed by atoms with Gasteiger partial charge in [0, 0.05) is 36.6 Å². The Balaban J connectivity index is 1.78. The van der Waals surface area contributed by atoms with E-state index >= 15 is 0 Å². The van der Waals surface area contributed by atoms with Crippen LogP contribution in [-0.2, 0) is 10.5 Å². The summed E-state index contributed by atoms with van der Waals surface area (Å²) in [6.07, 6.45) is 0.603. The van der Waals surface area contributed by atoms with E-state index in [2.05, 4.69) is 36.4 Å². The van der Waals surface area contributed by atoms with Crippen molar-refractivity contribution in [2.24, 2.45) is 0 Å². The lowest BCUT2D eigenvalue weighted by Crippen LogP contribution is -2.18. The molecule has 1 unspecified atom stereocenters. The molecule has 0 aromatic heterocycles. The maximum Gasteiger partial charge on any atom is 0.223 e. The van der Waals surface area contributed by atoms with Gasteiger partial charge in [0.25, 0.3) is 0 Å². The molecule has 2 aromatic carbocycles. The van der Waals surface area contributed by atoms with E-state index in [-0.39, 0.29) is 11.8 Å². The molecule has 120 valence electrons. The lowest BCUT2D eigenvalue weighted by atomic mass is 9.98. The van der Waals surface area contributed by atoms with E-state index in [1.54, 1.807) is 18.9 Å². The predicted octanol–water partition coefficient (Wildman–Crippen LogP) is 3.93. The van der Waals surface area contributed by atoms with Crippen LogP contribution in [0.5, 0.6) is 5.75 Å². The number of carbonyl (C=O) groups excluding carboxylic acids is 1. The lowest BCUT2D eigenvalue weighted by Gasteiger charge is -2.14. The van der Waals surface area contributed by atoms with Crippen molar-refractivity contribution in [1.82, 2.24) is 4.90 Å². The van der Waals surface area contributed by atoms with Crippen LogP contribution >= 0.6 is 11.8 Å². The van der Waals surface area contributed by atoms with Crippen LogP contribution in [0.25, 0.3) is 0 Å². The van der Waals surface area contributed by atoms with Gasteiger partial charge in [-0.05, 0) is 23.3 Å². The maximum atomic E-state index is 11.8. The Hall–Kier alpha value is -1.94. The molecule has 1 amide bonds. The van der Waals surface area contributed by atoms with Crippen LogP contribution in [0.1, 0.15) is 23.5 Å². The number of likely N-dealkylation sites (N-methyl/N-ethyl adjacent to an activating group) is 1. The Morgan fingerprint density at radius 2 is 2.00 bits per heavy atom. The first kappa shape index (κ1) is 15.9. The van der Waals surface area contributed by atoms with Crippen LogP contribution in [0.3, 0.4) is 0 Å². The summed E-state index contributed by atoms with van der Waals surface area (Å²) < 4.78 is 5.50. The van der Waals surface area contributed by atoms with Gasteiger partial charge >= 0.3 is 0 Å². The molecule has 1 heterocycles. The molecule has 23 heavy (non-hydrogen) atoms. The van der Waals surface area contributed by atoms with Gasteiger partial charge in [-0.3, -0.25) is 4.79 Å². The van der Waals surface area contributed by atoms with E-state index in [0.717, 1.165) is 22.9 Å². The van der Waals surface area contributed by atoms with Crippen LogP contribution < -0.4 is 4.74 Å². The topological polar surface area (TPSA) is 29.5 Å². The van der Waals surface area contributed by atoms with Crippen molar-refractivity contribution in [2.45, 2.75) is 23.0 Å². The summed E-state index contributed by atoms with van der Waals surface area (Å²) in [6, 6.07) is 16.7. The Morgan fingerprint density at radius 1 is 1.22 bits per heavy atom. The number of hydrogen-bond acceptors (Lipinski definition) is 3. The molecule has 0 aliphatic carbocycles. The predicted molar refractivity (Wildman–Crippen MR) is 94.0 cm³/mol. The van der Waals surface area contributed by atoms with Gasteiger partial charge in [0.15, 0.2) is 0 Å². The van der Waals surface area contributed by atoms with E-state index in [1.165, 1.54) is 11.1 Å². The number of likely N-dealkylation sites (tertiary alicyclic amines) is 1. The number of nitrogens with zero attached hydrogens (tertiary/aromatic N) is 1. The molecule has 0 radical (unpaired) electrons. The monoisotopic (exact) mass is 327 g/mol. The van der Waals surface area contributed by atoms with Crippen LogP contribution in [0.2, 0.25) is 0 Å². The van der Waals surface area contributed by atoms with Gasteiger partial charge in [-0.1, -0.05) is 36.4 Å². The largest absolute Gasteiger partial charge is 0.496 e. The highest BCUT2D eigenvalue weighted by atomic mass is 32.2. The van der Waals surface area contributed by atoms with E-state index in [0.29, 0.717) is 6.42 Å². The highest BCUT2D eigenvalue weighted by Crippen LogP contribution is 2.36. The Kier molecular flexibility index (Phi) is 4.91. The number of amides is 1. The molecule has 2 aromatic rings. The van der Waals surface area contributed by atoms with Crippen molar-refractivity contribution >= 4 is 17.7 Å². The molecular formula is C19H21NO2S. The minimum Gasteiger partial charge on any atom is -0.496 e. The third-order valence-electron chi connectivity index (χ3n) is 4.24. The van der Waals surface area contributed by atoms with Crippen LogP contribution in [0, 0.1) is 0 Å². The Morgan fingerprint density at radius 3 is 2.65 bits per heavy atom. The van der Waals surface area contributed by atoms with Crippen LogP contribution in [0.4, 0.5) is 0 Å². The van der Waals surface area contributed by atoms with Gasteiger partial charge in [-0.2, -0.15) is 0 Å². The highest BCUT2D eigenvalue weighted by molar-refractivity contribution is 7.98. The van der Waals surface area contributed by atoms with Crippen LogP contribution in [-0.4, -0.2) is 31.5 Å². The first-order valence-electron chi connectivity index (χ1n) is 7.76. The maximum absolute atomic E-state index is 11.8. The zero-order valence-electron chi connectivity index (χ0n) is 13.5. The zero-order chi connectivity index (χ0) is 16.2. The molecular weight excluding hydrogens is 306 g/mol. The van der Waals surface area contributed by atoms with Crippen molar-refractivity contribution in [2.75, 3.05) is 20.7 Å². The van der Waals surface area contributed by atoms with Gasteiger partial charge < -0.3 is 9.64 Å². The lowest BCUT2D eigenvalue weighted by molar-refractivity contribution is -0.126. The number of methoxy groups -OCH3 is 1. The van der Waals surface area contributed by atoms with Gasteiger partial charge in [0.05, 0.1) is 7.11 Å². The van der Waals surface area contributed by atoms with Crippen molar-refractivity contribution in [3.8, 4) is 5.75 Å². The molecule has 0 bridgehead atoms. The number of benzene rings is 2. The minimum absolute atomic E-state index is 0.226. The number of rotatable bonds is 5. The van der Waals surface area contributed by atoms with Gasteiger partial charge in [-0.15, -0.1) is 11.8 Å². The first-order valence-corrected chi connectivity index (χ1v) is 8.74. The van der Waals surface area contributed by atoms with E-state index in [9.17, 15) is 4.79 Å². The van der Waals surface area contributed by atoms with Crippen molar-refractivity contribution in [3.05, 3.63) is 59.7 Å². The fourth-order valence-corrected chi connectivity index (χ4v) is 3.91. The number of ether oxygens (including phenoxy) is 1. The summed E-state index contributed by atoms with van der Waals surface area (Å²) in [4.78, 5) is 14.7. The van der Waals surface area contributed by atoms with Gasteiger partial charge in [0.2, 0.25) is 5.91 Å². The SMILES string of the molecule is COc1ccc(C2CC(=O)N(C)C2)cc1SCc1ccccc1. The summed E-state index contributed by atoms with van der Waals surface area (Å²) in [5.41, 5.74) is 2.51. The third kappa shape index (κ3) is 3.70. The summed E-state index contributed by atoms with van der Waals surface area (Å²) in [5, 5.41) is 0. The van der Waals surface area contributed by atoms with E-state index < -0.39 is 0 Å². The molecule has 1 aliphatic heterocycles. The first-order chi connectivity index (χ1) is 11.2. The van der Waals surface area contributed by atoms with Crippen LogP contribution in [0.15, 0.2) is 53.4 Å². The smallest absolute Gasteiger partial charge is 0.223 e. The summed E-state index contributed by atoms with van der Waals surface area (Å²) in [5.74, 6) is 2.32. The molecule has 0 spiro atoms. The van der Waals surface area contributed by atoms with Gasteiger partial charge in [0.1, 0.15) is 5.75 Å². The minimum atomic E-state index is 0.226. The molecule has 4 heteroatoms. The van der Waals surface area contributed by atoms with Crippen molar-refractivity contribution in [3.63, 3.8) is 0 Å². The fourth-order valence-electron chi connectivity index (χ4n) is 2.88. The zero-order valence-corrected chi connectivity index (χ0v) is 14.3. The Bertz CT molecular complexity index is 687. The molecule has 1 aliphatic rings. The van der Waals surface area contributed by atoms with Crippen molar-refractivity contribution in [1.29, 1.82) is 0 Å². The average Bonchev–Trinajstić information content (AvgIpc) is 2.93. The molecule has 3 nitrogen and oxygen atoms in total. The van der Waals surface area contributed by atoms with Crippen molar-refractivity contribution < 1.29 is 9.53 Å². The standard InChI is InChI=1S/C19H21NO2S/c1-20-12-16(11-19(20)21)15-8-9-17(22-2)18(10-15)23-13-14-6-4-3-5-7-14/h3-10,16H,11-13H2,1-2H3. The summed E-state index contributed by atoms with van der Waals surface area (Å²) in [7, 11) is 3.57. The number of hydrogen-bond donors (Lipinski definition) is 0. The molecule has 1 saturated heterocycles. The Labute approximate surface area is 141 Å². The second kappa shape index (κ2) is 7.09. The highest BCUT2D eigenvalue weighted by Gasteiger charge is 2.28. The average molecular weight is 327 g/mol. The molecule has 1 fully saturated rings. The van der Waals surface area contributed by atoms with Gasteiger partial charge in [-0.25, -0.2) is 0 Å². The summed E-state index contributed by atoms with van der Waals surface area (Å²) in [6.45, 7) is 0.800. The fraction of sp³-hybridized carbons (Fsp3) is 0.316. The second-order valence-corrected chi connectivity index (χ2v) is 6.88. The molecule has 1 atom stereocenters. The number of thioether (sulfide) groups is 1. The molecule has 0 N–H and O–H groups in total.